The van der Waals surface area contributed by atoms with Crippen molar-refractivity contribution in [1.29, 1.82) is 0 Å². The molecular formula is C14H20N2. The summed E-state index contributed by atoms with van der Waals surface area (Å²) in [7, 11) is 0. The molecule has 2 N–H and O–H groups in total. The first kappa shape index (κ1) is 11.2. The van der Waals surface area contributed by atoms with Gasteiger partial charge in [0.05, 0.1) is 5.52 Å². The molecule has 2 rings (SSSR count). The summed E-state index contributed by atoms with van der Waals surface area (Å²) in [5.74, 6) is 0. The molecule has 1 aromatic heterocycles. The third kappa shape index (κ3) is 1.74. The number of benzene rings is 1. The SMILES string of the molecule is Cc1ccc2cc(C)n(CCCN)c2c1C. The lowest BCUT2D eigenvalue weighted by Gasteiger charge is -2.10. The summed E-state index contributed by atoms with van der Waals surface area (Å²) in [5.41, 5.74) is 11.1. The lowest BCUT2D eigenvalue weighted by atomic mass is 10.1. The number of aromatic nitrogens is 1. The molecule has 0 aliphatic rings. The quantitative estimate of drug-likeness (QED) is 0.840. The molecule has 16 heavy (non-hydrogen) atoms. The van der Waals surface area contributed by atoms with Crippen molar-refractivity contribution in [3.8, 4) is 0 Å². The fraction of sp³-hybridized carbons (Fsp3) is 0.429. The van der Waals surface area contributed by atoms with Crippen LogP contribution in [0.3, 0.4) is 0 Å². The third-order valence-electron chi connectivity index (χ3n) is 3.38. The Bertz CT molecular complexity index is 509. The smallest absolute Gasteiger partial charge is 0.0514 e. The van der Waals surface area contributed by atoms with Crippen molar-refractivity contribution in [2.45, 2.75) is 33.7 Å². The van der Waals surface area contributed by atoms with Crippen LogP contribution in [0.2, 0.25) is 0 Å². The van der Waals surface area contributed by atoms with E-state index in [0.717, 1.165) is 19.5 Å². The van der Waals surface area contributed by atoms with Gasteiger partial charge in [-0.3, -0.25) is 0 Å². The fourth-order valence-electron chi connectivity index (χ4n) is 2.31. The van der Waals surface area contributed by atoms with Crippen LogP contribution in [-0.2, 0) is 6.54 Å². The van der Waals surface area contributed by atoms with Gasteiger partial charge in [-0.15, -0.1) is 0 Å². The molecule has 0 saturated heterocycles. The van der Waals surface area contributed by atoms with E-state index in [1.54, 1.807) is 0 Å². The van der Waals surface area contributed by atoms with Crippen LogP contribution in [-0.4, -0.2) is 11.1 Å². The van der Waals surface area contributed by atoms with Crippen LogP contribution in [0.1, 0.15) is 23.2 Å². The van der Waals surface area contributed by atoms with Crippen molar-refractivity contribution in [2.24, 2.45) is 5.73 Å². The first-order valence-corrected chi connectivity index (χ1v) is 5.91. The van der Waals surface area contributed by atoms with Gasteiger partial charge in [-0.25, -0.2) is 0 Å². The molecule has 2 heteroatoms. The molecule has 0 aliphatic carbocycles. The van der Waals surface area contributed by atoms with Gasteiger partial charge in [0, 0.05) is 17.6 Å². The number of rotatable bonds is 3. The summed E-state index contributed by atoms with van der Waals surface area (Å²) in [6.07, 6.45) is 1.04. The number of hydrogen-bond donors (Lipinski definition) is 1. The van der Waals surface area contributed by atoms with E-state index in [1.807, 2.05) is 0 Å². The maximum Gasteiger partial charge on any atom is 0.0514 e. The molecule has 0 bridgehead atoms. The molecule has 0 spiro atoms. The van der Waals surface area contributed by atoms with Gasteiger partial charge < -0.3 is 10.3 Å². The van der Waals surface area contributed by atoms with Crippen molar-refractivity contribution < 1.29 is 0 Å². The summed E-state index contributed by atoms with van der Waals surface area (Å²) < 4.78 is 2.39. The number of nitrogens with two attached hydrogens (primary N) is 1. The van der Waals surface area contributed by atoms with Gasteiger partial charge in [-0.05, 0) is 50.9 Å². The highest BCUT2D eigenvalue weighted by atomic mass is 15.0. The molecule has 0 unspecified atom stereocenters. The van der Waals surface area contributed by atoms with Crippen molar-refractivity contribution >= 4 is 10.9 Å². The van der Waals surface area contributed by atoms with E-state index in [9.17, 15) is 0 Å². The van der Waals surface area contributed by atoms with Gasteiger partial charge in [0.1, 0.15) is 0 Å². The van der Waals surface area contributed by atoms with Crippen molar-refractivity contribution in [1.82, 2.24) is 4.57 Å². The highest BCUT2D eigenvalue weighted by Gasteiger charge is 2.08. The Labute approximate surface area is 97.1 Å². The molecule has 1 aromatic carbocycles. The Morgan fingerprint density at radius 2 is 1.94 bits per heavy atom. The summed E-state index contributed by atoms with van der Waals surface area (Å²) in [6.45, 7) is 8.33. The second-order valence-electron chi connectivity index (χ2n) is 4.52. The summed E-state index contributed by atoms with van der Waals surface area (Å²) in [4.78, 5) is 0. The first-order valence-electron chi connectivity index (χ1n) is 5.91. The zero-order chi connectivity index (χ0) is 11.7. The Hall–Kier alpha value is -1.28. The van der Waals surface area contributed by atoms with Gasteiger partial charge in [-0.2, -0.15) is 0 Å². The van der Waals surface area contributed by atoms with Gasteiger partial charge >= 0.3 is 0 Å². The number of aryl methyl sites for hydroxylation is 4. The second kappa shape index (κ2) is 4.30. The normalized spacial score (nSPS) is 11.2. The largest absolute Gasteiger partial charge is 0.345 e. The highest BCUT2D eigenvalue weighted by molar-refractivity contribution is 5.85. The predicted octanol–water partition coefficient (Wildman–Crippen LogP) is 2.92. The Balaban J connectivity index is 2.61. The van der Waals surface area contributed by atoms with Crippen LogP contribution in [0.4, 0.5) is 0 Å². The van der Waals surface area contributed by atoms with Crippen LogP contribution in [0, 0.1) is 20.8 Å². The van der Waals surface area contributed by atoms with Crippen LogP contribution >= 0.6 is 0 Å². The fourth-order valence-corrected chi connectivity index (χ4v) is 2.31. The minimum absolute atomic E-state index is 0.754. The maximum atomic E-state index is 5.59. The van der Waals surface area contributed by atoms with Crippen LogP contribution < -0.4 is 5.73 Å². The monoisotopic (exact) mass is 216 g/mol. The van der Waals surface area contributed by atoms with Gasteiger partial charge in [0.15, 0.2) is 0 Å². The van der Waals surface area contributed by atoms with E-state index < -0.39 is 0 Å². The topological polar surface area (TPSA) is 30.9 Å². The number of hydrogen-bond acceptors (Lipinski definition) is 1. The molecule has 0 radical (unpaired) electrons. The molecule has 0 amide bonds. The van der Waals surface area contributed by atoms with E-state index in [4.69, 9.17) is 5.73 Å². The van der Waals surface area contributed by atoms with E-state index in [1.165, 1.54) is 27.7 Å². The molecule has 0 atom stereocenters. The van der Waals surface area contributed by atoms with Crippen molar-refractivity contribution in [3.63, 3.8) is 0 Å². The Morgan fingerprint density at radius 3 is 2.62 bits per heavy atom. The average Bonchev–Trinajstić information content (AvgIpc) is 2.58. The van der Waals surface area contributed by atoms with Crippen molar-refractivity contribution in [3.05, 3.63) is 35.0 Å². The summed E-state index contributed by atoms with van der Waals surface area (Å²) >= 11 is 0. The third-order valence-corrected chi connectivity index (χ3v) is 3.38. The molecule has 0 fully saturated rings. The minimum Gasteiger partial charge on any atom is -0.345 e. The molecule has 0 saturated carbocycles. The van der Waals surface area contributed by atoms with Gasteiger partial charge in [0.2, 0.25) is 0 Å². The molecule has 2 aromatic rings. The maximum absolute atomic E-state index is 5.59. The molecule has 0 aliphatic heterocycles. The molecule has 1 heterocycles. The summed E-state index contributed by atoms with van der Waals surface area (Å²) in [5, 5.41) is 1.35. The predicted molar refractivity (Wildman–Crippen MR) is 69.8 cm³/mol. The Morgan fingerprint density at radius 1 is 1.19 bits per heavy atom. The Kier molecular flexibility index (Phi) is 3.01. The van der Waals surface area contributed by atoms with Crippen LogP contribution in [0.25, 0.3) is 10.9 Å². The van der Waals surface area contributed by atoms with E-state index in [2.05, 4.69) is 43.5 Å². The van der Waals surface area contributed by atoms with Crippen LogP contribution in [0.5, 0.6) is 0 Å². The number of fused-ring (bicyclic) bond motifs is 1. The minimum atomic E-state index is 0.754. The van der Waals surface area contributed by atoms with Gasteiger partial charge in [-0.1, -0.05) is 12.1 Å². The van der Waals surface area contributed by atoms with E-state index >= 15 is 0 Å². The van der Waals surface area contributed by atoms with E-state index in [-0.39, 0.29) is 0 Å². The highest BCUT2D eigenvalue weighted by Crippen LogP contribution is 2.25. The lowest BCUT2D eigenvalue weighted by molar-refractivity contribution is 0.655. The zero-order valence-electron chi connectivity index (χ0n) is 10.4. The van der Waals surface area contributed by atoms with Crippen LogP contribution in [0.15, 0.2) is 18.2 Å². The van der Waals surface area contributed by atoms with Crippen molar-refractivity contribution in [2.75, 3.05) is 6.54 Å². The summed E-state index contributed by atoms with van der Waals surface area (Å²) in [6, 6.07) is 6.67. The lowest BCUT2D eigenvalue weighted by Crippen LogP contribution is -2.07. The molecule has 2 nitrogen and oxygen atoms in total. The standard InChI is InChI=1S/C14H20N2/c1-10-5-6-13-9-11(2)16(8-4-7-15)14(13)12(10)3/h5-6,9H,4,7-8,15H2,1-3H3. The van der Waals surface area contributed by atoms with Gasteiger partial charge in [0.25, 0.3) is 0 Å². The zero-order valence-corrected chi connectivity index (χ0v) is 10.4. The van der Waals surface area contributed by atoms with E-state index in [0.29, 0.717) is 0 Å². The second-order valence-corrected chi connectivity index (χ2v) is 4.52. The average molecular weight is 216 g/mol. The number of nitrogens with zero attached hydrogens (tertiary/aromatic N) is 1. The molecule has 86 valence electrons. The molecular weight excluding hydrogens is 196 g/mol. The first-order chi connectivity index (χ1) is 7.65.